The molecule has 0 saturated carbocycles. The summed E-state index contributed by atoms with van der Waals surface area (Å²) < 4.78 is 28.7. The number of Topliss-reactive ketones (excluding diaryl/α,β-unsaturated/α-hetero) is 1. The zero-order chi connectivity index (χ0) is 14.5. The van der Waals surface area contributed by atoms with Crippen LogP contribution in [0.15, 0.2) is 24.3 Å². The third-order valence-electron chi connectivity index (χ3n) is 2.29. The Labute approximate surface area is 111 Å². The second kappa shape index (κ2) is 6.33. The topological polar surface area (TPSA) is 89.5 Å². The van der Waals surface area contributed by atoms with E-state index in [9.17, 15) is 18.0 Å². The number of rotatable bonds is 6. The minimum Gasteiger partial charge on any atom is -0.469 e. The molecule has 0 aliphatic heterocycles. The Hall–Kier alpha value is -1.89. The van der Waals surface area contributed by atoms with Crippen LogP contribution in [0.3, 0.4) is 0 Å². The summed E-state index contributed by atoms with van der Waals surface area (Å²) in [7, 11) is -2.07. The highest BCUT2D eigenvalue weighted by Gasteiger charge is 2.10. The first-order chi connectivity index (χ1) is 8.81. The van der Waals surface area contributed by atoms with Gasteiger partial charge in [-0.3, -0.25) is 14.3 Å². The van der Waals surface area contributed by atoms with E-state index in [4.69, 9.17) is 0 Å². The van der Waals surface area contributed by atoms with Crippen molar-refractivity contribution in [3.05, 3.63) is 29.8 Å². The third kappa shape index (κ3) is 5.52. The summed E-state index contributed by atoms with van der Waals surface area (Å²) in [6, 6.07) is 6.00. The number of esters is 1. The van der Waals surface area contributed by atoms with Crippen molar-refractivity contribution in [2.24, 2.45) is 0 Å². The standard InChI is InChI=1S/C12H15NO5S/c1-18-12(15)8-7-11(14)9-3-5-10(6-4-9)13-19(2,16)17/h3-6,13H,7-8H2,1-2H3. The van der Waals surface area contributed by atoms with Crippen LogP contribution >= 0.6 is 0 Å². The van der Waals surface area contributed by atoms with E-state index < -0.39 is 16.0 Å². The number of hydrogen-bond donors (Lipinski definition) is 1. The van der Waals surface area contributed by atoms with E-state index in [0.717, 1.165) is 6.26 Å². The van der Waals surface area contributed by atoms with Crippen molar-refractivity contribution < 1.29 is 22.7 Å². The van der Waals surface area contributed by atoms with Crippen molar-refractivity contribution in [3.8, 4) is 0 Å². The Morgan fingerprint density at radius 2 is 1.74 bits per heavy atom. The summed E-state index contributed by atoms with van der Waals surface area (Å²) in [6.07, 6.45) is 1.13. The molecule has 0 amide bonds. The molecule has 0 bridgehead atoms. The maximum atomic E-state index is 11.7. The van der Waals surface area contributed by atoms with Crippen LogP contribution in [0.25, 0.3) is 0 Å². The van der Waals surface area contributed by atoms with Gasteiger partial charge in [-0.15, -0.1) is 0 Å². The van der Waals surface area contributed by atoms with Crippen LogP contribution in [0, 0.1) is 0 Å². The molecule has 0 aromatic heterocycles. The number of anilines is 1. The lowest BCUT2D eigenvalue weighted by atomic mass is 10.1. The molecule has 0 atom stereocenters. The molecule has 0 unspecified atom stereocenters. The number of carbonyl (C=O) groups excluding carboxylic acids is 2. The monoisotopic (exact) mass is 285 g/mol. The lowest BCUT2D eigenvalue weighted by Gasteiger charge is -2.05. The smallest absolute Gasteiger partial charge is 0.305 e. The molecular weight excluding hydrogens is 270 g/mol. The summed E-state index contributed by atoms with van der Waals surface area (Å²) >= 11 is 0. The van der Waals surface area contributed by atoms with Gasteiger partial charge in [0.1, 0.15) is 0 Å². The minimum absolute atomic E-state index is 0.0265. The van der Waals surface area contributed by atoms with Gasteiger partial charge in [-0.25, -0.2) is 8.42 Å². The van der Waals surface area contributed by atoms with Crippen LogP contribution in [-0.2, 0) is 19.6 Å². The number of benzene rings is 1. The van der Waals surface area contributed by atoms with Crippen LogP contribution < -0.4 is 4.72 Å². The molecule has 0 saturated heterocycles. The average molecular weight is 285 g/mol. The lowest BCUT2D eigenvalue weighted by molar-refractivity contribution is -0.140. The molecule has 6 nitrogen and oxygen atoms in total. The van der Waals surface area contributed by atoms with Crippen molar-refractivity contribution in [1.82, 2.24) is 0 Å². The van der Waals surface area contributed by atoms with E-state index in [-0.39, 0.29) is 18.6 Å². The Kier molecular flexibility index (Phi) is 5.05. The number of methoxy groups -OCH3 is 1. The molecule has 0 radical (unpaired) electrons. The molecule has 1 aromatic carbocycles. The molecule has 104 valence electrons. The Morgan fingerprint density at radius 1 is 1.16 bits per heavy atom. The Morgan fingerprint density at radius 3 is 2.21 bits per heavy atom. The van der Waals surface area contributed by atoms with Gasteiger partial charge >= 0.3 is 5.97 Å². The quantitative estimate of drug-likeness (QED) is 0.626. The maximum Gasteiger partial charge on any atom is 0.305 e. The zero-order valence-corrected chi connectivity index (χ0v) is 11.5. The minimum atomic E-state index is -3.33. The van der Waals surface area contributed by atoms with Crippen LogP contribution in [0.5, 0.6) is 0 Å². The largest absolute Gasteiger partial charge is 0.469 e. The highest BCUT2D eigenvalue weighted by Crippen LogP contribution is 2.13. The van der Waals surface area contributed by atoms with Crippen molar-refractivity contribution in [1.29, 1.82) is 0 Å². The van der Waals surface area contributed by atoms with E-state index in [1.165, 1.54) is 31.4 Å². The Balaban J connectivity index is 2.66. The van der Waals surface area contributed by atoms with Crippen molar-refractivity contribution in [3.63, 3.8) is 0 Å². The predicted molar refractivity (Wildman–Crippen MR) is 70.5 cm³/mol. The summed E-state index contributed by atoms with van der Waals surface area (Å²) in [4.78, 5) is 22.6. The van der Waals surface area contributed by atoms with E-state index in [0.29, 0.717) is 11.3 Å². The van der Waals surface area contributed by atoms with Gasteiger partial charge in [-0.1, -0.05) is 0 Å². The highest BCUT2D eigenvalue weighted by molar-refractivity contribution is 7.92. The summed E-state index contributed by atoms with van der Waals surface area (Å²) in [5.74, 6) is -0.639. The van der Waals surface area contributed by atoms with E-state index >= 15 is 0 Å². The molecule has 0 fully saturated rings. The summed E-state index contributed by atoms with van der Waals surface area (Å²) in [6.45, 7) is 0. The second-order valence-corrected chi connectivity index (χ2v) is 5.70. The second-order valence-electron chi connectivity index (χ2n) is 3.95. The molecular formula is C12H15NO5S. The molecule has 1 rings (SSSR count). The van der Waals surface area contributed by atoms with Crippen molar-refractivity contribution in [2.45, 2.75) is 12.8 Å². The molecule has 1 N–H and O–H groups in total. The molecule has 0 aliphatic carbocycles. The normalized spacial score (nSPS) is 10.8. The van der Waals surface area contributed by atoms with Gasteiger partial charge in [0.2, 0.25) is 10.0 Å². The van der Waals surface area contributed by atoms with Gasteiger partial charge in [0.25, 0.3) is 0 Å². The van der Waals surface area contributed by atoms with E-state index in [1.54, 1.807) is 0 Å². The highest BCUT2D eigenvalue weighted by atomic mass is 32.2. The third-order valence-corrected chi connectivity index (χ3v) is 2.90. The van der Waals surface area contributed by atoms with Gasteiger partial charge in [-0.05, 0) is 24.3 Å². The first-order valence-corrected chi connectivity index (χ1v) is 7.39. The van der Waals surface area contributed by atoms with Gasteiger partial charge in [0.05, 0.1) is 19.8 Å². The van der Waals surface area contributed by atoms with Crippen LogP contribution in [-0.4, -0.2) is 33.5 Å². The average Bonchev–Trinajstić information content (AvgIpc) is 2.34. The summed E-state index contributed by atoms with van der Waals surface area (Å²) in [5, 5.41) is 0. The van der Waals surface area contributed by atoms with Gasteiger partial charge in [0.15, 0.2) is 5.78 Å². The SMILES string of the molecule is COC(=O)CCC(=O)c1ccc(NS(C)(=O)=O)cc1. The first-order valence-electron chi connectivity index (χ1n) is 5.49. The molecule has 0 aliphatic rings. The van der Waals surface area contributed by atoms with E-state index in [2.05, 4.69) is 9.46 Å². The van der Waals surface area contributed by atoms with Gasteiger partial charge in [-0.2, -0.15) is 0 Å². The van der Waals surface area contributed by atoms with Crippen molar-refractivity contribution in [2.75, 3.05) is 18.1 Å². The molecule has 19 heavy (non-hydrogen) atoms. The molecule has 0 spiro atoms. The number of sulfonamides is 1. The van der Waals surface area contributed by atoms with Crippen LogP contribution in [0.2, 0.25) is 0 Å². The fourth-order valence-corrected chi connectivity index (χ4v) is 1.96. The fraction of sp³-hybridized carbons (Fsp3) is 0.333. The number of ether oxygens (including phenoxy) is 1. The zero-order valence-electron chi connectivity index (χ0n) is 10.7. The van der Waals surface area contributed by atoms with Crippen LogP contribution in [0.4, 0.5) is 5.69 Å². The van der Waals surface area contributed by atoms with Crippen molar-refractivity contribution >= 4 is 27.5 Å². The Bertz CT molecular complexity index is 562. The molecule has 1 aromatic rings. The number of ketones is 1. The fourth-order valence-electron chi connectivity index (χ4n) is 1.40. The number of hydrogen-bond acceptors (Lipinski definition) is 5. The number of nitrogens with one attached hydrogen (secondary N) is 1. The number of carbonyl (C=O) groups is 2. The van der Waals surface area contributed by atoms with Gasteiger partial charge in [0, 0.05) is 17.7 Å². The molecule has 7 heteroatoms. The lowest BCUT2D eigenvalue weighted by Crippen LogP contribution is -2.10. The maximum absolute atomic E-state index is 11.7. The summed E-state index contributed by atoms with van der Waals surface area (Å²) in [5.41, 5.74) is 0.801. The van der Waals surface area contributed by atoms with Gasteiger partial charge < -0.3 is 4.74 Å². The van der Waals surface area contributed by atoms with Crippen LogP contribution in [0.1, 0.15) is 23.2 Å². The molecule has 0 heterocycles. The predicted octanol–water partition coefficient (Wildman–Crippen LogP) is 1.19. The van der Waals surface area contributed by atoms with E-state index in [1.807, 2.05) is 0 Å². The first kappa shape index (κ1) is 15.2.